The second kappa shape index (κ2) is 6.65. The minimum Gasteiger partial charge on any atom is -0.368 e. The van der Waals surface area contributed by atoms with Crippen LogP contribution in [0.15, 0.2) is 54.9 Å². The molecule has 8 heteroatoms. The van der Waals surface area contributed by atoms with Crippen LogP contribution in [0.5, 0.6) is 0 Å². The molecule has 0 unspecified atom stereocenters. The average Bonchev–Trinajstić information content (AvgIpc) is 3.09. The van der Waals surface area contributed by atoms with Crippen LogP contribution in [0.25, 0.3) is 11.3 Å². The zero-order chi connectivity index (χ0) is 16.1. The number of nitro groups is 1. The van der Waals surface area contributed by atoms with Crippen LogP contribution in [0.3, 0.4) is 0 Å². The summed E-state index contributed by atoms with van der Waals surface area (Å²) < 4.78 is 1.69. The molecular formula is C15H14N6O2. The SMILES string of the molecule is O=[N+]([O-])c1ccc(NCCn2ccnn2)nc1-c1ccccc1. The molecular weight excluding hydrogens is 296 g/mol. The van der Waals surface area contributed by atoms with Gasteiger partial charge in [0.25, 0.3) is 5.69 Å². The molecule has 0 aliphatic carbocycles. The highest BCUT2D eigenvalue weighted by Gasteiger charge is 2.17. The molecule has 3 rings (SSSR count). The van der Waals surface area contributed by atoms with Gasteiger partial charge in [-0.1, -0.05) is 35.5 Å². The highest BCUT2D eigenvalue weighted by molar-refractivity contribution is 5.71. The van der Waals surface area contributed by atoms with Crippen molar-refractivity contribution in [1.29, 1.82) is 0 Å². The molecule has 0 amide bonds. The molecule has 0 aliphatic rings. The molecule has 0 bridgehead atoms. The fourth-order valence-corrected chi connectivity index (χ4v) is 2.16. The maximum absolute atomic E-state index is 11.2. The minimum absolute atomic E-state index is 0.0157. The summed E-state index contributed by atoms with van der Waals surface area (Å²) >= 11 is 0. The van der Waals surface area contributed by atoms with E-state index in [2.05, 4.69) is 20.6 Å². The molecule has 0 atom stereocenters. The summed E-state index contributed by atoms with van der Waals surface area (Å²) in [4.78, 5) is 15.2. The number of anilines is 1. The van der Waals surface area contributed by atoms with E-state index >= 15 is 0 Å². The lowest BCUT2D eigenvalue weighted by molar-refractivity contribution is -0.384. The highest BCUT2D eigenvalue weighted by Crippen LogP contribution is 2.29. The first kappa shape index (κ1) is 14.6. The van der Waals surface area contributed by atoms with E-state index in [1.165, 1.54) is 6.07 Å². The fourth-order valence-electron chi connectivity index (χ4n) is 2.16. The predicted octanol–water partition coefficient (Wildman–Crippen LogP) is 2.36. The zero-order valence-electron chi connectivity index (χ0n) is 12.2. The lowest BCUT2D eigenvalue weighted by Gasteiger charge is -2.08. The molecule has 2 aromatic heterocycles. The second-order valence-corrected chi connectivity index (χ2v) is 4.78. The van der Waals surface area contributed by atoms with Gasteiger partial charge in [0.15, 0.2) is 5.69 Å². The molecule has 3 aromatic rings. The minimum atomic E-state index is -0.422. The molecule has 1 N–H and O–H groups in total. The van der Waals surface area contributed by atoms with Crippen LogP contribution >= 0.6 is 0 Å². The van der Waals surface area contributed by atoms with Crippen molar-refractivity contribution >= 4 is 11.5 Å². The molecule has 0 saturated carbocycles. The number of rotatable bonds is 6. The summed E-state index contributed by atoms with van der Waals surface area (Å²) in [7, 11) is 0. The third-order valence-corrected chi connectivity index (χ3v) is 3.24. The van der Waals surface area contributed by atoms with E-state index in [-0.39, 0.29) is 5.69 Å². The van der Waals surface area contributed by atoms with Crippen LogP contribution in [-0.4, -0.2) is 31.4 Å². The van der Waals surface area contributed by atoms with Gasteiger partial charge >= 0.3 is 0 Å². The van der Waals surface area contributed by atoms with Crippen molar-refractivity contribution in [2.75, 3.05) is 11.9 Å². The van der Waals surface area contributed by atoms with Gasteiger partial charge in [-0.15, -0.1) is 5.10 Å². The molecule has 23 heavy (non-hydrogen) atoms. The van der Waals surface area contributed by atoms with Gasteiger partial charge < -0.3 is 5.32 Å². The van der Waals surface area contributed by atoms with E-state index in [0.29, 0.717) is 30.2 Å². The fraction of sp³-hybridized carbons (Fsp3) is 0.133. The lowest BCUT2D eigenvalue weighted by Crippen LogP contribution is -2.12. The Morgan fingerprint density at radius 2 is 2.00 bits per heavy atom. The summed E-state index contributed by atoms with van der Waals surface area (Å²) in [5.41, 5.74) is 1.04. The van der Waals surface area contributed by atoms with Crippen molar-refractivity contribution < 1.29 is 4.92 Å². The zero-order valence-corrected chi connectivity index (χ0v) is 12.2. The third kappa shape index (κ3) is 3.49. The van der Waals surface area contributed by atoms with Crippen molar-refractivity contribution in [3.05, 3.63) is 65.0 Å². The van der Waals surface area contributed by atoms with Crippen LogP contribution < -0.4 is 5.32 Å². The van der Waals surface area contributed by atoms with Gasteiger partial charge in [0, 0.05) is 24.4 Å². The Morgan fingerprint density at radius 1 is 1.17 bits per heavy atom. The number of pyridine rings is 1. The van der Waals surface area contributed by atoms with Gasteiger partial charge in [0.2, 0.25) is 0 Å². The van der Waals surface area contributed by atoms with Gasteiger partial charge in [0.1, 0.15) is 5.82 Å². The van der Waals surface area contributed by atoms with Gasteiger partial charge in [-0.2, -0.15) is 0 Å². The van der Waals surface area contributed by atoms with E-state index in [9.17, 15) is 10.1 Å². The summed E-state index contributed by atoms with van der Waals surface area (Å²) in [5.74, 6) is 0.578. The standard InChI is InChI=1S/C15H14N6O2/c22-21(23)13-6-7-14(16-8-10-20-11-9-17-19-20)18-15(13)12-4-2-1-3-5-12/h1-7,9,11H,8,10H2,(H,16,18). The quantitative estimate of drug-likeness (QED) is 0.554. The van der Waals surface area contributed by atoms with Gasteiger partial charge in [-0.3, -0.25) is 14.8 Å². The molecule has 8 nitrogen and oxygen atoms in total. The molecule has 0 radical (unpaired) electrons. The van der Waals surface area contributed by atoms with Crippen LogP contribution in [-0.2, 0) is 6.54 Å². The number of benzene rings is 1. The summed E-state index contributed by atoms with van der Waals surface area (Å²) in [6.45, 7) is 1.21. The molecule has 1 aromatic carbocycles. The number of hydrogen-bond donors (Lipinski definition) is 1. The molecule has 0 spiro atoms. The Hall–Kier alpha value is -3.29. The first-order valence-corrected chi connectivity index (χ1v) is 7.03. The maximum Gasteiger partial charge on any atom is 0.295 e. The summed E-state index contributed by atoms with van der Waals surface area (Å²) in [6.07, 6.45) is 3.37. The van der Waals surface area contributed by atoms with Crippen molar-refractivity contribution in [2.24, 2.45) is 0 Å². The Balaban J connectivity index is 1.81. The van der Waals surface area contributed by atoms with Crippen LogP contribution in [0.2, 0.25) is 0 Å². The van der Waals surface area contributed by atoms with Gasteiger partial charge in [-0.05, 0) is 6.07 Å². The normalized spacial score (nSPS) is 10.4. The smallest absolute Gasteiger partial charge is 0.295 e. The Morgan fingerprint density at radius 3 is 2.70 bits per heavy atom. The molecule has 0 saturated heterocycles. The highest BCUT2D eigenvalue weighted by atomic mass is 16.6. The van der Waals surface area contributed by atoms with E-state index in [1.54, 1.807) is 35.3 Å². The lowest BCUT2D eigenvalue weighted by atomic mass is 10.1. The first-order valence-electron chi connectivity index (χ1n) is 7.03. The molecule has 0 aliphatic heterocycles. The van der Waals surface area contributed by atoms with E-state index in [4.69, 9.17) is 0 Å². The van der Waals surface area contributed by atoms with Crippen molar-refractivity contribution in [3.63, 3.8) is 0 Å². The van der Waals surface area contributed by atoms with Crippen molar-refractivity contribution in [1.82, 2.24) is 20.0 Å². The topological polar surface area (TPSA) is 98.8 Å². The molecule has 116 valence electrons. The summed E-state index contributed by atoms with van der Waals surface area (Å²) in [5, 5.41) is 21.9. The molecule has 0 fully saturated rings. The van der Waals surface area contributed by atoms with E-state index in [0.717, 1.165) is 0 Å². The molecule has 2 heterocycles. The summed E-state index contributed by atoms with van der Waals surface area (Å²) in [6, 6.07) is 12.2. The van der Waals surface area contributed by atoms with Gasteiger partial charge in [-0.25, -0.2) is 4.98 Å². The van der Waals surface area contributed by atoms with Crippen molar-refractivity contribution in [3.8, 4) is 11.3 Å². The monoisotopic (exact) mass is 310 g/mol. The van der Waals surface area contributed by atoms with Crippen LogP contribution in [0.4, 0.5) is 11.5 Å². The van der Waals surface area contributed by atoms with Crippen LogP contribution in [0.1, 0.15) is 0 Å². The Labute approximate surface area is 131 Å². The largest absolute Gasteiger partial charge is 0.368 e. The average molecular weight is 310 g/mol. The van der Waals surface area contributed by atoms with Crippen LogP contribution in [0, 0.1) is 10.1 Å². The second-order valence-electron chi connectivity index (χ2n) is 4.78. The maximum atomic E-state index is 11.2. The number of nitrogens with one attached hydrogen (secondary N) is 1. The van der Waals surface area contributed by atoms with Gasteiger partial charge in [0.05, 0.1) is 17.7 Å². The Kier molecular flexibility index (Phi) is 4.23. The number of hydrogen-bond acceptors (Lipinski definition) is 6. The number of nitrogens with zero attached hydrogens (tertiary/aromatic N) is 5. The number of aromatic nitrogens is 4. The predicted molar refractivity (Wildman–Crippen MR) is 84.8 cm³/mol. The Bertz CT molecular complexity index is 789. The first-order chi connectivity index (χ1) is 11.2. The van der Waals surface area contributed by atoms with E-state index < -0.39 is 4.92 Å². The van der Waals surface area contributed by atoms with E-state index in [1.807, 2.05) is 18.2 Å². The third-order valence-electron chi connectivity index (χ3n) is 3.24. The van der Waals surface area contributed by atoms with Crippen molar-refractivity contribution in [2.45, 2.75) is 6.54 Å².